The van der Waals surface area contributed by atoms with Crippen molar-refractivity contribution in [2.75, 3.05) is 10.8 Å². The summed E-state index contributed by atoms with van der Waals surface area (Å²) in [6.45, 7) is 9.74. The summed E-state index contributed by atoms with van der Waals surface area (Å²) in [6, 6.07) is 0. The molecule has 0 atom stereocenters. The SMILES string of the molecule is CC(C)(C)[Si]1(C)CSC1. The quantitative estimate of drug-likeness (QED) is 0.491. The van der Waals surface area contributed by atoms with Crippen molar-refractivity contribution in [2.24, 2.45) is 0 Å². The van der Waals surface area contributed by atoms with Crippen molar-refractivity contribution in [3.63, 3.8) is 0 Å². The standard InChI is InChI=1S/C7H16SSi/c1-7(2,3)9(4)5-8-6-9/h5-6H2,1-4H3. The van der Waals surface area contributed by atoms with Gasteiger partial charge in [-0.25, -0.2) is 0 Å². The van der Waals surface area contributed by atoms with E-state index in [0.29, 0.717) is 5.04 Å². The van der Waals surface area contributed by atoms with Crippen LogP contribution in [-0.4, -0.2) is 18.8 Å². The molecule has 0 nitrogen and oxygen atoms in total. The fourth-order valence-electron chi connectivity index (χ4n) is 0.841. The highest BCUT2D eigenvalue weighted by Gasteiger charge is 2.45. The van der Waals surface area contributed by atoms with Crippen LogP contribution in [0.3, 0.4) is 0 Å². The largest absolute Gasteiger partial charge is 0.168 e. The minimum Gasteiger partial charge on any atom is -0.168 e. The number of hydrogen-bond acceptors (Lipinski definition) is 1. The van der Waals surface area contributed by atoms with Crippen LogP contribution in [-0.2, 0) is 0 Å². The first-order valence-electron chi connectivity index (χ1n) is 3.53. The third-order valence-electron chi connectivity index (χ3n) is 2.65. The van der Waals surface area contributed by atoms with E-state index in [2.05, 4.69) is 39.1 Å². The first kappa shape index (κ1) is 7.67. The fraction of sp³-hybridized carbons (Fsp3) is 1.00. The molecule has 54 valence electrons. The second kappa shape index (κ2) is 2.02. The molecule has 1 saturated heterocycles. The van der Waals surface area contributed by atoms with Crippen LogP contribution in [0.25, 0.3) is 0 Å². The predicted molar refractivity (Wildman–Crippen MR) is 48.7 cm³/mol. The van der Waals surface area contributed by atoms with Crippen LogP contribution < -0.4 is 0 Å². The maximum atomic E-state index is 2.53. The van der Waals surface area contributed by atoms with E-state index in [4.69, 9.17) is 0 Å². The highest BCUT2D eigenvalue weighted by Crippen LogP contribution is 2.45. The van der Waals surface area contributed by atoms with Gasteiger partial charge in [0.25, 0.3) is 0 Å². The van der Waals surface area contributed by atoms with Crippen LogP contribution >= 0.6 is 11.8 Å². The molecule has 1 aliphatic rings. The molecule has 0 aromatic carbocycles. The first-order chi connectivity index (χ1) is 3.96. The summed E-state index contributed by atoms with van der Waals surface area (Å²) in [5.74, 6) is 0. The molecular formula is C7H16SSi. The van der Waals surface area contributed by atoms with E-state index in [1.165, 1.54) is 10.8 Å². The molecule has 0 aromatic heterocycles. The second-order valence-electron chi connectivity index (χ2n) is 4.30. The fourth-order valence-corrected chi connectivity index (χ4v) is 7.57. The smallest absolute Gasteiger partial charge is 0.0761 e. The summed E-state index contributed by atoms with van der Waals surface area (Å²) in [4.78, 5) is 0. The van der Waals surface area contributed by atoms with Gasteiger partial charge in [-0.2, -0.15) is 11.8 Å². The average Bonchev–Trinajstić information content (AvgIpc) is 1.57. The van der Waals surface area contributed by atoms with Crippen molar-refractivity contribution >= 4 is 19.8 Å². The van der Waals surface area contributed by atoms with Gasteiger partial charge in [0.05, 0.1) is 8.07 Å². The Bertz CT molecular complexity index is 111. The van der Waals surface area contributed by atoms with E-state index in [0.717, 1.165) is 0 Å². The third-order valence-corrected chi connectivity index (χ3v) is 13.0. The summed E-state index contributed by atoms with van der Waals surface area (Å²) < 4.78 is 0. The molecule has 0 saturated carbocycles. The van der Waals surface area contributed by atoms with Crippen molar-refractivity contribution < 1.29 is 0 Å². The Hall–Kier alpha value is 0.567. The van der Waals surface area contributed by atoms with E-state index in [-0.39, 0.29) is 0 Å². The second-order valence-corrected chi connectivity index (χ2v) is 11.6. The summed E-state index contributed by atoms with van der Waals surface area (Å²) in [6.07, 6.45) is 0. The molecule has 1 heterocycles. The van der Waals surface area contributed by atoms with Crippen LogP contribution in [0.5, 0.6) is 0 Å². The van der Waals surface area contributed by atoms with Crippen molar-refractivity contribution in [1.29, 1.82) is 0 Å². The zero-order valence-electron chi connectivity index (χ0n) is 6.82. The Labute approximate surface area is 63.4 Å². The van der Waals surface area contributed by atoms with Crippen LogP contribution in [0, 0.1) is 0 Å². The highest BCUT2D eigenvalue weighted by molar-refractivity contribution is 8.06. The van der Waals surface area contributed by atoms with Crippen LogP contribution in [0.1, 0.15) is 20.8 Å². The summed E-state index contributed by atoms with van der Waals surface area (Å²) in [7, 11) is -0.735. The lowest BCUT2D eigenvalue weighted by molar-refractivity contribution is 0.719. The first-order valence-corrected chi connectivity index (χ1v) is 7.60. The molecule has 0 unspecified atom stereocenters. The Morgan fingerprint density at radius 3 is 1.67 bits per heavy atom. The number of rotatable bonds is 0. The molecule has 0 aromatic rings. The molecule has 1 aliphatic heterocycles. The Morgan fingerprint density at radius 2 is 1.67 bits per heavy atom. The minimum absolute atomic E-state index is 0.651. The maximum Gasteiger partial charge on any atom is 0.0761 e. The molecule has 0 N–H and O–H groups in total. The molecule has 9 heavy (non-hydrogen) atoms. The van der Waals surface area contributed by atoms with E-state index >= 15 is 0 Å². The van der Waals surface area contributed by atoms with Gasteiger partial charge >= 0.3 is 0 Å². The molecule has 0 radical (unpaired) electrons. The van der Waals surface area contributed by atoms with Crippen LogP contribution in [0.4, 0.5) is 0 Å². The average molecular weight is 160 g/mol. The predicted octanol–water partition coefficient (Wildman–Crippen LogP) is 2.69. The molecule has 0 amide bonds. The summed E-state index contributed by atoms with van der Waals surface area (Å²) in [5, 5.41) is 3.64. The van der Waals surface area contributed by atoms with Gasteiger partial charge in [0.1, 0.15) is 0 Å². The Kier molecular flexibility index (Phi) is 1.73. The zero-order chi connectivity index (χ0) is 7.12. The van der Waals surface area contributed by atoms with E-state index < -0.39 is 8.07 Å². The highest BCUT2D eigenvalue weighted by atomic mass is 32.2. The monoisotopic (exact) mass is 160 g/mol. The van der Waals surface area contributed by atoms with Crippen molar-refractivity contribution in [3.8, 4) is 0 Å². The molecule has 0 bridgehead atoms. The lowest BCUT2D eigenvalue weighted by Gasteiger charge is -2.46. The van der Waals surface area contributed by atoms with E-state index in [9.17, 15) is 0 Å². The molecule has 0 spiro atoms. The Morgan fingerprint density at radius 1 is 1.22 bits per heavy atom. The zero-order valence-corrected chi connectivity index (χ0v) is 8.64. The van der Waals surface area contributed by atoms with Gasteiger partial charge in [0.15, 0.2) is 0 Å². The van der Waals surface area contributed by atoms with Gasteiger partial charge in [-0.1, -0.05) is 27.3 Å². The van der Waals surface area contributed by atoms with Crippen LogP contribution in [0.15, 0.2) is 0 Å². The van der Waals surface area contributed by atoms with Gasteiger partial charge in [-0.15, -0.1) is 0 Å². The normalized spacial score (nSPS) is 25.3. The minimum atomic E-state index is -0.735. The number of thioether (sulfide) groups is 1. The van der Waals surface area contributed by atoms with E-state index in [1.807, 2.05) is 0 Å². The summed E-state index contributed by atoms with van der Waals surface area (Å²) >= 11 is 2.13. The van der Waals surface area contributed by atoms with E-state index in [1.54, 1.807) is 0 Å². The van der Waals surface area contributed by atoms with Crippen molar-refractivity contribution in [3.05, 3.63) is 0 Å². The maximum absolute atomic E-state index is 2.53. The molecular weight excluding hydrogens is 144 g/mol. The topological polar surface area (TPSA) is 0 Å². The molecule has 0 aliphatic carbocycles. The molecule has 1 rings (SSSR count). The van der Waals surface area contributed by atoms with Gasteiger partial charge in [0.2, 0.25) is 0 Å². The third kappa shape index (κ3) is 1.20. The van der Waals surface area contributed by atoms with Gasteiger partial charge in [0, 0.05) is 0 Å². The lowest BCUT2D eigenvalue weighted by Crippen LogP contribution is -2.53. The lowest BCUT2D eigenvalue weighted by atomic mass is 10.2. The van der Waals surface area contributed by atoms with Gasteiger partial charge in [-0.05, 0) is 15.8 Å². The molecule has 2 heteroatoms. The molecule has 1 fully saturated rings. The van der Waals surface area contributed by atoms with Gasteiger partial charge < -0.3 is 0 Å². The van der Waals surface area contributed by atoms with Crippen LogP contribution in [0.2, 0.25) is 11.6 Å². The number of hydrogen-bond donors (Lipinski definition) is 0. The summed E-state index contributed by atoms with van der Waals surface area (Å²) in [5.41, 5.74) is 0. The van der Waals surface area contributed by atoms with Crippen molar-refractivity contribution in [1.82, 2.24) is 0 Å². The van der Waals surface area contributed by atoms with Crippen molar-refractivity contribution in [2.45, 2.75) is 32.4 Å². The van der Waals surface area contributed by atoms with Gasteiger partial charge in [-0.3, -0.25) is 0 Å². The Balaban J connectivity index is 2.59.